The van der Waals surface area contributed by atoms with Crippen molar-refractivity contribution in [3.8, 4) is 0 Å². The first-order valence-electron chi connectivity index (χ1n) is 3.07. The van der Waals surface area contributed by atoms with Crippen molar-refractivity contribution in [2.45, 2.75) is 33.3 Å². The molecule has 1 heteroatoms. The molecule has 0 N–H and O–H groups in total. The van der Waals surface area contributed by atoms with Crippen molar-refractivity contribution in [3.05, 3.63) is 12.3 Å². The third-order valence-electron chi connectivity index (χ3n) is 1.02. The maximum atomic E-state index is 5.16. The highest BCUT2D eigenvalue weighted by Gasteiger charge is 1.90. The van der Waals surface area contributed by atoms with Gasteiger partial charge >= 0.3 is 0 Å². The molecule has 1 nitrogen and oxygen atoms in total. The number of hydrogen-bond donors (Lipinski definition) is 0. The van der Waals surface area contributed by atoms with Gasteiger partial charge in [-0.25, -0.2) is 0 Å². The molecule has 0 aromatic heterocycles. The molecule has 0 heterocycles. The third kappa shape index (κ3) is 3.72. The van der Waals surface area contributed by atoms with Crippen LogP contribution in [0.1, 0.15) is 27.2 Å². The Morgan fingerprint density at radius 2 is 2.25 bits per heavy atom. The van der Waals surface area contributed by atoms with Gasteiger partial charge in [0.05, 0.1) is 12.4 Å². The monoisotopic (exact) mass is 114 g/mol. The summed E-state index contributed by atoms with van der Waals surface area (Å²) in [6.07, 6.45) is 5.07. The van der Waals surface area contributed by atoms with Crippen molar-refractivity contribution in [1.82, 2.24) is 0 Å². The smallest absolute Gasteiger partial charge is 0.0947 e. The molecule has 0 aliphatic carbocycles. The van der Waals surface area contributed by atoms with Crippen molar-refractivity contribution in [3.63, 3.8) is 0 Å². The van der Waals surface area contributed by atoms with E-state index >= 15 is 0 Å². The second-order valence-electron chi connectivity index (χ2n) is 1.82. The highest BCUT2D eigenvalue weighted by Crippen LogP contribution is 1.94. The molecule has 0 fully saturated rings. The molecule has 8 heavy (non-hydrogen) atoms. The zero-order valence-corrected chi connectivity index (χ0v) is 5.85. The Balaban J connectivity index is 3.10. The molecule has 0 aromatic rings. The van der Waals surface area contributed by atoms with Crippen molar-refractivity contribution in [1.29, 1.82) is 0 Å². The number of hydrogen-bond acceptors (Lipinski definition) is 1. The zero-order chi connectivity index (χ0) is 6.41. The lowest BCUT2D eigenvalue weighted by Gasteiger charge is -2.05. The van der Waals surface area contributed by atoms with E-state index in [1.54, 1.807) is 6.26 Å². The molecule has 48 valence electrons. The van der Waals surface area contributed by atoms with E-state index in [9.17, 15) is 0 Å². The van der Waals surface area contributed by atoms with Crippen LogP contribution in [-0.2, 0) is 4.74 Å². The fourth-order valence-electron chi connectivity index (χ4n) is 0.309. The van der Waals surface area contributed by atoms with Crippen LogP contribution >= 0.6 is 0 Å². The van der Waals surface area contributed by atoms with Gasteiger partial charge in [-0.1, -0.05) is 13.0 Å². The van der Waals surface area contributed by atoms with E-state index in [0.717, 1.165) is 6.42 Å². The predicted molar refractivity (Wildman–Crippen MR) is 35.7 cm³/mol. The predicted octanol–water partition coefficient (Wildman–Crippen LogP) is 2.34. The van der Waals surface area contributed by atoms with E-state index in [0.29, 0.717) is 6.10 Å². The average Bonchev–Trinajstić information content (AvgIpc) is 1.83. The Bertz CT molecular complexity index is 66.8. The molecule has 0 rings (SSSR count). The lowest BCUT2D eigenvalue weighted by molar-refractivity contribution is 0.157. The zero-order valence-electron chi connectivity index (χ0n) is 5.85. The highest BCUT2D eigenvalue weighted by atomic mass is 16.5. The summed E-state index contributed by atoms with van der Waals surface area (Å²) in [5, 5.41) is 0. The first-order chi connectivity index (χ1) is 3.81. The molecule has 0 saturated heterocycles. The van der Waals surface area contributed by atoms with Crippen LogP contribution in [0.4, 0.5) is 0 Å². The van der Waals surface area contributed by atoms with Gasteiger partial charge in [-0.15, -0.1) is 0 Å². The molecule has 0 saturated carbocycles. The summed E-state index contributed by atoms with van der Waals surface area (Å²) in [7, 11) is 0. The lowest BCUT2D eigenvalue weighted by atomic mass is 10.3. The molecule has 0 spiro atoms. The second-order valence-corrected chi connectivity index (χ2v) is 1.82. The van der Waals surface area contributed by atoms with E-state index in [1.807, 2.05) is 13.0 Å². The Hall–Kier alpha value is -0.460. The normalized spacial score (nSPS) is 14.4. The molecule has 0 aromatic carbocycles. The Labute approximate surface area is 51.4 Å². The summed E-state index contributed by atoms with van der Waals surface area (Å²) in [5.74, 6) is 0. The molecule has 0 radical (unpaired) electrons. The SMILES string of the molecule is C/C=C\OC(C)CC. The summed E-state index contributed by atoms with van der Waals surface area (Å²) in [4.78, 5) is 0. The molecule has 0 bridgehead atoms. The maximum absolute atomic E-state index is 5.16. The number of rotatable bonds is 3. The summed E-state index contributed by atoms with van der Waals surface area (Å²) in [6.45, 7) is 6.11. The lowest BCUT2D eigenvalue weighted by Crippen LogP contribution is -1.99. The van der Waals surface area contributed by atoms with Gasteiger partial charge in [0.25, 0.3) is 0 Å². The Morgan fingerprint density at radius 3 is 2.62 bits per heavy atom. The highest BCUT2D eigenvalue weighted by molar-refractivity contribution is 4.66. The van der Waals surface area contributed by atoms with Crippen molar-refractivity contribution in [2.75, 3.05) is 0 Å². The van der Waals surface area contributed by atoms with E-state index in [2.05, 4.69) is 13.8 Å². The summed E-state index contributed by atoms with van der Waals surface area (Å²) < 4.78 is 5.16. The molecule has 0 aliphatic heterocycles. The van der Waals surface area contributed by atoms with Crippen LogP contribution in [0.2, 0.25) is 0 Å². The summed E-state index contributed by atoms with van der Waals surface area (Å²) >= 11 is 0. The first kappa shape index (κ1) is 7.54. The maximum Gasteiger partial charge on any atom is 0.0947 e. The minimum Gasteiger partial charge on any atom is -0.499 e. The Kier molecular flexibility index (Phi) is 4.42. The quantitative estimate of drug-likeness (QED) is 0.512. The van der Waals surface area contributed by atoms with E-state index < -0.39 is 0 Å². The van der Waals surface area contributed by atoms with Gasteiger partial charge in [-0.2, -0.15) is 0 Å². The van der Waals surface area contributed by atoms with Gasteiger partial charge in [0.15, 0.2) is 0 Å². The average molecular weight is 114 g/mol. The van der Waals surface area contributed by atoms with E-state index in [1.165, 1.54) is 0 Å². The van der Waals surface area contributed by atoms with Gasteiger partial charge in [0.1, 0.15) is 0 Å². The van der Waals surface area contributed by atoms with Crippen LogP contribution in [0.25, 0.3) is 0 Å². The fourth-order valence-corrected chi connectivity index (χ4v) is 0.309. The van der Waals surface area contributed by atoms with Gasteiger partial charge in [0, 0.05) is 0 Å². The van der Waals surface area contributed by atoms with Crippen molar-refractivity contribution < 1.29 is 4.74 Å². The largest absolute Gasteiger partial charge is 0.499 e. The molecule has 1 atom stereocenters. The Morgan fingerprint density at radius 1 is 1.62 bits per heavy atom. The topological polar surface area (TPSA) is 9.23 Å². The first-order valence-corrected chi connectivity index (χ1v) is 3.07. The molecular weight excluding hydrogens is 100 g/mol. The summed E-state index contributed by atoms with van der Waals surface area (Å²) in [5.41, 5.74) is 0. The van der Waals surface area contributed by atoms with Crippen LogP contribution in [0.3, 0.4) is 0 Å². The van der Waals surface area contributed by atoms with Gasteiger partial charge in [-0.3, -0.25) is 0 Å². The van der Waals surface area contributed by atoms with Crippen LogP contribution in [0, 0.1) is 0 Å². The molecule has 1 unspecified atom stereocenters. The van der Waals surface area contributed by atoms with Gasteiger partial charge in [-0.05, 0) is 20.3 Å². The fraction of sp³-hybridized carbons (Fsp3) is 0.714. The van der Waals surface area contributed by atoms with E-state index in [4.69, 9.17) is 4.74 Å². The standard InChI is InChI=1S/C7H14O/c1-4-6-8-7(3)5-2/h4,6-7H,5H2,1-3H3/b6-4-. The minimum absolute atomic E-state index is 0.367. The van der Waals surface area contributed by atoms with Crippen LogP contribution in [0.5, 0.6) is 0 Å². The summed E-state index contributed by atoms with van der Waals surface area (Å²) in [6, 6.07) is 0. The molecule has 0 amide bonds. The van der Waals surface area contributed by atoms with Crippen LogP contribution < -0.4 is 0 Å². The number of allylic oxidation sites excluding steroid dienone is 1. The van der Waals surface area contributed by atoms with Crippen molar-refractivity contribution >= 4 is 0 Å². The van der Waals surface area contributed by atoms with Crippen LogP contribution in [0.15, 0.2) is 12.3 Å². The number of ether oxygens (including phenoxy) is 1. The van der Waals surface area contributed by atoms with Gasteiger partial charge < -0.3 is 4.74 Å². The second kappa shape index (κ2) is 4.69. The van der Waals surface area contributed by atoms with Gasteiger partial charge in [0.2, 0.25) is 0 Å². The van der Waals surface area contributed by atoms with Crippen molar-refractivity contribution in [2.24, 2.45) is 0 Å². The molecular formula is C7H14O. The minimum atomic E-state index is 0.367. The van der Waals surface area contributed by atoms with E-state index in [-0.39, 0.29) is 0 Å². The molecule has 0 aliphatic rings. The van der Waals surface area contributed by atoms with Crippen LogP contribution in [-0.4, -0.2) is 6.10 Å². The third-order valence-corrected chi connectivity index (χ3v) is 1.02.